The number of rotatable bonds is 5. The number of nitrogens with zero attached hydrogens (tertiary/aromatic N) is 7. The van der Waals surface area contributed by atoms with Crippen molar-refractivity contribution in [1.29, 1.82) is 0 Å². The number of carbonyl (C=O) groups is 2. The predicted octanol–water partition coefficient (Wildman–Crippen LogP) is 4.39. The van der Waals surface area contributed by atoms with Crippen LogP contribution in [-0.2, 0) is 17.9 Å². The Labute approximate surface area is 239 Å². The van der Waals surface area contributed by atoms with Crippen LogP contribution in [0.3, 0.4) is 0 Å². The van der Waals surface area contributed by atoms with Crippen LogP contribution in [0, 0.1) is 11.7 Å². The fourth-order valence-corrected chi connectivity index (χ4v) is 5.36. The third-order valence-corrected chi connectivity index (χ3v) is 7.19. The van der Waals surface area contributed by atoms with Gasteiger partial charge in [-0.15, -0.1) is 0 Å². The van der Waals surface area contributed by atoms with Crippen LogP contribution in [0.15, 0.2) is 67.0 Å². The number of hydrogen-bond donors (Lipinski definition) is 0. The van der Waals surface area contributed by atoms with E-state index in [0.717, 1.165) is 43.5 Å². The number of hydrogen-bond acceptors (Lipinski definition) is 6. The Kier molecular flexibility index (Phi) is 8.98. The molecular formula is C31H36FN7O2. The van der Waals surface area contributed by atoms with E-state index in [1.165, 1.54) is 16.9 Å². The van der Waals surface area contributed by atoms with Crippen LogP contribution in [0.2, 0.25) is 0 Å². The summed E-state index contributed by atoms with van der Waals surface area (Å²) in [5, 5.41) is 8.91. The van der Waals surface area contributed by atoms with Gasteiger partial charge in [0, 0.05) is 44.3 Å². The molecule has 2 amide bonds. The van der Waals surface area contributed by atoms with Crippen molar-refractivity contribution < 1.29 is 14.0 Å². The molecule has 9 nitrogen and oxygen atoms in total. The summed E-state index contributed by atoms with van der Waals surface area (Å²) in [7, 11) is 0. The van der Waals surface area contributed by atoms with E-state index in [0.29, 0.717) is 35.8 Å². The van der Waals surface area contributed by atoms with Gasteiger partial charge in [0.25, 0.3) is 5.91 Å². The Hall–Kier alpha value is -4.18. The van der Waals surface area contributed by atoms with Crippen LogP contribution in [0.25, 0.3) is 11.0 Å². The van der Waals surface area contributed by atoms with E-state index >= 15 is 0 Å². The second-order valence-electron chi connectivity index (χ2n) is 10.9. The largest absolute Gasteiger partial charge is 0.337 e. The van der Waals surface area contributed by atoms with Crippen molar-refractivity contribution in [2.75, 3.05) is 37.6 Å². The molecule has 214 valence electrons. The van der Waals surface area contributed by atoms with Gasteiger partial charge in [0.15, 0.2) is 0 Å². The molecule has 4 aromatic rings. The molecule has 2 aromatic carbocycles. The Morgan fingerprint density at radius 1 is 0.927 bits per heavy atom. The molecule has 0 aliphatic carbocycles. The van der Waals surface area contributed by atoms with Gasteiger partial charge in [0.05, 0.1) is 5.56 Å². The van der Waals surface area contributed by atoms with Gasteiger partial charge in [0.1, 0.15) is 23.4 Å². The third-order valence-electron chi connectivity index (χ3n) is 7.19. The van der Waals surface area contributed by atoms with Gasteiger partial charge >= 0.3 is 0 Å². The predicted molar refractivity (Wildman–Crippen MR) is 156 cm³/mol. The van der Waals surface area contributed by atoms with Crippen LogP contribution in [0.1, 0.15) is 42.6 Å². The van der Waals surface area contributed by atoms with Crippen molar-refractivity contribution in [1.82, 2.24) is 29.8 Å². The summed E-state index contributed by atoms with van der Waals surface area (Å²) in [4.78, 5) is 38.8. The van der Waals surface area contributed by atoms with Gasteiger partial charge in [0.2, 0.25) is 5.91 Å². The Bertz CT molecular complexity index is 1460. The highest BCUT2D eigenvalue weighted by atomic mass is 19.1. The Morgan fingerprint density at radius 3 is 2.34 bits per heavy atom. The van der Waals surface area contributed by atoms with Crippen molar-refractivity contribution in [3.63, 3.8) is 0 Å². The fourth-order valence-electron chi connectivity index (χ4n) is 5.36. The van der Waals surface area contributed by atoms with Crippen LogP contribution in [0.5, 0.6) is 0 Å². The van der Waals surface area contributed by atoms with Gasteiger partial charge in [-0.25, -0.2) is 4.39 Å². The van der Waals surface area contributed by atoms with E-state index in [9.17, 15) is 14.0 Å². The molecule has 0 atom stereocenters. The third kappa shape index (κ3) is 7.13. The molecule has 0 bridgehead atoms. The van der Waals surface area contributed by atoms with Crippen molar-refractivity contribution in [3.05, 3.63) is 83.9 Å². The van der Waals surface area contributed by atoms with Gasteiger partial charge < -0.3 is 14.7 Å². The van der Waals surface area contributed by atoms with Crippen LogP contribution in [0.4, 0.5) is 10.1 Å². The summed E-state index contributed by atoms with van der Waals surface area (Å²) in [6.07, 6.45) is 4.71. The quantitative estimate of drug-likeness (QED) is 0.362. The topological polar surface area (TPSA) is 87.5 Å². The SMILES string of the molecule is CC(C)CN1CCCN(C(=O)Cn2nc3ccccc3n2)Cc2cc(F)ccc2N(C(=O)c2cccnc2)CCC1. The molecule has 0 N–H and O–H groups in total. The minimum Gasteiger partial charge on any atom is -0.337 e. The summed E-state index contributed by atoms with van der Waals surface area (Å²) in [5.41, 5.74) is 3.06. The second-order valence-corrected chi connectivity index (χ2v) is 10.9. The van der Waals surface area contributed by atoms with Crippen molar-refractivity contribution in [2.24, 2.45) is 5.92 Å². The number of aromatic nitrogens is 4. The lowest BCUT2D eigenvalue weighted by molar-refractivity contribution is -0.133. The lowest BCUT2D eigenvalue weighted by Crippen LogP contribution is -2.40. The zero-order chi connectivity index (χ0) is 28.8. The van der Waals surface area contributed by atoms with E-state index in [1.54, 1.807) is 40.4 Å². The van der Waals surface area contributed by atoms with E-state index in [2.05, 4.69) is 33.9 Å². The van der Waals surface area contributed by atoms with E-state index in [-0.39, 0.29) is 24.9 Å². The molecule has 0 saturated carbocycles. The molecule has 0 saturated heterocycles. The van der Waals surface area contributed by atoms with Gasteiger partial charge in [-0.3, -0.25) is 14.6 Å². The van der Waals surface area contributed by atoms with Gasteiger partial charge in [-0.2, -0.15) is 15.0 Å². The molecule has 0 fully saturated rings. The summed E-state index contributed by atoms with van der Waals surface area (Å²) in [6.45, 7) is 8.00. The van der Waals surface area contributed by atoms with Gasteiger partial charge in [-0.1, -0.05) is 26.0 Å². The smallest absolute Gasteiger partial charge is 0.259 e. The highest BCUT2D eigenvalue weighted by Crippen LogP contribution is 2.26. The number of halogens is 1. The summed E-state index contributed by atoms with van der Waals surface area (Å²) >= 11 is 0. The molecule has 2 aromatic heterocycles. The monoisotopic (exact) mass is 557 g/mol. The number of amides is 2. The van der Waals surface area contributed by atoms with E-state index < -0.39 is 5.82 Å². The first kappa shape index (κ1) is 28.4. The first-order valence-electron chi connectivity index (χ1n) is 14.2. The number of carbonyl (C=O) groups excluding carboxylic acids is 2. The molecule has 0 unspecified atom stereocenters. The van der Waals surface area contributed by atoms with Gasteiger partial charge in [-0.05, 0) is 79.9 Å². The first-order chi connectivity index (χ1) is 19.9. The maximum atomic E-state index is 14.6. The molecule has 0 spiro atoms. The maximum Gasteiger partial charge on any atom is 0.259 e. The lowest BCUT2D eigenvalue weighted by atomic mass is 10.1. The van der Waals surface area contributed by atoms with E-state index in [1.807, 2.05) is 24.3 Å². The Balaban J connectivity index is 1.48. The summed E-state index contributed by atoms with van der Waals surface area (Å²) in [6, 6.07) is 15.4. The maximum absolute atomic E-state index is 14.6. The molecule has 1 aliphatic heterocycles. The highest BCUT2D eigenvalue weighted by Gasteiger charge is 2.25. The molecule has 3 heterocycles. The first-order valence-corrected chi connectivity index (χ1v) is 14.2. The summed E-state index contributed by atoms with van der Waals surface area (Å²) in [5.74, 6) is -0.306. The molecular weight excluding hydrogens is 521 g/mol. The zero-order valence-electron chi connectivity index (χ0n) is 23.6. The van der Waals surface area contributed by atoms with E-state index in [4.69, 9.17) is 0 Å². The molecule has 0 radical (unpaired) electrons. The normalized spacial score (nSPS) is 15.4. The molecule has 1 aliphatic rings. The number of anilines is 1. The van der Waals surface area contributed by atoms with Crippen molar-refractivity contribution in [3.8, 4) is 0 Å². The average Bonchev–Trinajstić information content (AvgIpc) is 3.36. The number of fused-ring (bicyclic) bond motifs is 2. The minimum atomic E-state index is -0.417. The highest BCUT2D eigenvalue weighted by molar-refractivity contribution is 6.06. The van der Waals surface area contributed by atoms with Crippen molar-refractivity contribution >= 4 is 28.5 Å². The lowest BCUT2D eigenvalue weighted by Gasteiger charge is -2.32. The molecule has 10 heteroatoms. The molecule has 41 heavy (non-hydrogen) atoms. The second kappa shape index (κ2) is 13.0. The Morgan fingerprint density at radius 2 is 1.66 bits per heavy atom. The zero-order valence-corrected chi connectivity index (χ0v) is 23.6. The summed E-state index contributed by atoms with van der Waals surface area (Å²) < 4.78 is 14.6. The number of benzene rings is 2. The van der Waals surface area contributed by atoms with Crippen molar-refractivity contribution in [2.45, 2.75) is 39.8 Å². The average molecular weight is 558 g/mol. The molecule has 5 rings (SSSR count). The number of pyridine rings is 1. The van der Waals surface area contributed by atoms with Crippen LogP contribution in [-0.4, -0.2) is 74.3 Å². The minimum absolute atomic E-state index is 0.0344. The van der Waals surface area contributed by atoms with Crippen LogP contribution >= 0.6 is 0 Å². The standard InChI is InChI=1S/C31H36FN7O2/c1-23(2)20-36-14-6-16-37(30(40)22-39-34-27-9-3-4-10-28(27)35-39)21-25-18-26(32)11-12-29(25)38(17-7-15-36)31(41)24-8-5-13-33-19-24/h3-5,8-13,18-19,23H,6-7,14-17,20-22H2,1-2H3. The fraction of sp³-hybridized carbons (Fsp3) is 0.387. The van der Waals surface area contributed by atoms with Crippen LogP contribution < -0.4 is 4.90 Å².